The lowest BCUT2D eigenvalue weighted by molar-refractivity contribution is -0.141. The molecule has 15 heavy (non-hydrogen) atoms. The second kappa shape index (κ2) is 4.49. The van der Waals surface area contributed by atoms with E-state index in [1.165, 1.54) is 6.42 Å². The van der Waals surface area contributed by atoms with Crippen molar-refractivity contribution in [2.45, 2.75) is 32.7 Å². The third kappa shape index (κ3) is 2.32. The van der Waals surface area contributed by atoms with Gasteiger partial charge >= 0.3 is 0 Å². The van der Waals surface area contributed by atoms with Crippen molar-refractivity contribution in [1.82, 2.24) is 15.3 Å². The zero-order valence-electron chi connectivity index (χ0n) is 9.70. The van der Waals surface area contributed by atoms with Crippen molar-refractivity contribution in [1.29, 1.82) is 0 Å². The highest BCUT2D eigenvalue weighted by atomic mass is 16.2. The van der Waals surface area contributed by atoms with Crippen molar-refractivity contribution < 1.29 is 4.79 Å². The normalized spacial score (nSPS) is 28.3. The molecule has 2 aliphatic heterocycles. The van der Waals surface area contributed by atoms with Crippen LogP contribution in [0.2, 0.25) is 0 Å². The molecule has 1 atom stereocenters. The standard InChI is InChI=1S/C11H21N3O/c1-9(2)8-14-11(15)4-6-13(14)10-3-5-12-7-10/h9-10,12H,3-8H2,1-2H3. The van der Waals surface area contributed by atoms with E-state index in [-0.39, 0.29) is 0 Å². The molecule has 86 valence electrons. The first-order chi connectivity index (χ1) is 7.18. The Bertz CT molecular complexity index is 236. The molecular weight excluding hydrogens is 190 g/mol. The molecule has 0 bridgehead atoms. The van der Waals surface area contributed by atoms with Crippen LogP contribution in [0.1, 0.15) is 26.7 Å². The first kappa shape index (κ1) is 10.9. The summed E-state index contributed by atoms with van der Waals surface area (Å²) in [4.78, 5) is 11.7. The molecule has 1 amide bonds. The van der Waals surface area contributed by atoms with Crippen molar-refractivity contribution in [2.75, 3.05) is 26.2 Å². The summed E-state index contributed by atoms with van der Waals surface area (Å²) in [5.74, 6) is 0.847. The van der Waals surface area contributed by atoms with Gasteiger partial charge in [0, 0.05) is 32.1 Å². The number of hydrazine groups is 1. The number of nitrogens with one attached hydrogen (secondary N) is 1. The quantitative estimate of drug-likeness (QED) is 0.736. The number of carbonyl (C=O) groups is 1. The molecule has 2 fully saturated rings. The highest BCUT2D eigenvalue weighted by Crippen LogP contribution is 2.20. The Morgan fingerprint density at radius 2 is 2.33 bits per heavy atom. The van der Waals surface area contributed by atoms with Crippen LogP contribution in [-0.2, 0) is 4.79 Å². The molecule has 4 nitrogen and oxygen atoms in total. The Hall–Kier alpha value is -0.610. The number of hydrogen-bond acceptors (Lipinski definition) is 3. The van der Waals surface area contributed by atoms with Crippen LogP contribution >= 0.6 is 0 Å². The summed E-state index contributed by atoms with van der Waals surface area (Å²) in [5, 5.41) is 7.61. The van der Waals surface area contributed by atoms with E-state index >= 15 is 0 Å². The van der Waals surface area contributed by atoms with Crippen molar-refractivity contribution in [3.63, 3.8) is 0 Å². The average molecular weight is 211 g/mol. The molecule has 0 spiro atoms. The molecule has 2 heterocycles. The van der Waals surface area contributed by atoms with Gasteiger partial charge in [0.2, 0.25) is 5.91 Å². The third-order valence-electron chi connectivity index (χ3n) is 3.15. The Labute approximate surface area is 91.6 Å². The van der Waals surface area contributed by atoms with Crippen LogP contribution in [0.4, 0.5) is 0 Å². The van der Waals surface area contributed by atoms with E-state index in [1.807, 2.05) is 5.01 Å². The summed E-state index contributed by atoms with van der Waals surface area (Å²) in [5.41, 5.74) is 0. The van der Waals surface area contributed by atoms with E-state index in [4.69, 9.17) is 0 Å². The van der Waals surface area contributed by atoms with Gasteiger partial charge in [-0.2, -0.15) is 0 Å². The second-order valence-electron chi connectivity index (χ2n) is 4.93. The summed E-state index contributed by atoms with van der Waals surface area (Å²) in [7, 11) is 0. The van der Waals surface area contributed by atoms with Crippen LogP contribution in [-0.4, -0.2) is 48.1 Å². The molecule has 2 aliphatic rings. The van der Waals surface area contributed by atoms with E-state index in [1.54, 1.807) is 0 Å². The van der Waals surface area contributed by atoms with E-state index < -0.39 is 0 Å². The highest BCUT2D eigenvalue weighted by molar-refractivity contribution is 5.77. The third-order valence-corrected chi connectivity index (χ3v) is 3.15. The summed E-state index contributed by atoms with van der Waals surface area (Å²) in [6.07, 6.45) is 1.87. The van der Waals surface area contributed by atoms with Gasteiger partial charge in [0.15, 0.2) is 0 Å². The van der Waals surface area contributed by atoms with Gasteiger partial charge < -0.3 is 5.32 Å². The van der Waals surface area contributed by atoms with Crippen molar-refractivity contribution >= 4 is 5.91 Å². The van der Waals surface area contributed by atoms with E-state index in [0.29, 0.717) is 24.3 Å². The molecule has 4 heteroatoms. The predicted octanol–water partition coefficient (Wildman–Crippen LogP) is 0.454. The van der Waals surface area contributed by atoms with Crippen LogP contribution in [0, 0.1) is 5.92 Å². The van der Waals surface area contributed by atoms with E-state index in [0.717, 1.165) is 26.2 Å². The molecule has 0 aromatic carbocycles. The van der Waals surface area contributed by atoms with Crippen molar-refractivity contribution in [3.05, 3.63) is 0 Å². The fourth-order valence-corrected chi connectivity index (χ4v) is 2.43. The van der Waals surface area contributed by atoms with Gasteiger partial charge in [-0.15, -0.1) is 0 Å². The lowest BCUT2D eigenvalue weighted by Crippen LogP contribution is -2.47. The SMILES string of the molecule is CC(C)CN1C(=O)CCN1C1CCNC1. The lowest BCUT2D eigenvalue weighted by atomic mass is 10.2. The monoisotopic (exact) mass is 211 g/mol. The van der Waals surface area contributed by atoms with Crippen LogP contribution < -0.4 is 5.32 Å². The van der Waals surface area contributed by atoms with Gasteiger partial charge in [-0.3, -0.25) is 9.80 Å². The fraction of sp³-hybridized carbons (Fsp3) is 0.909. The lowest BCUT2D eigenvalue weighted by Gasteiger charge is -2.33. The van der Waals surface area contributed by atoms with Crippen LogP contribution in [0.3, 0.4) is 0 Å². The van der Waals surface area contributed by atoms with Crippen LogP contribution in [0.25, 0.3) is 0 Å². The smallest absolute Gasteiger partial charge is 0.238 e. The summed E-state index contributed by atoms with van der Waals surface area (Å²) >= 11 is 0. The van der Waals surface area contributed by atoms with Gasteiger partial charge in [-0.25, -0.2) is 5.01 Å². The minimum atomic E-state index is 0.301. The first-order valence-electron chi connectivity index (χ1n) is 5.96. The molecule has 0 aromatic rings. The number of rotatable bonds is 3. The zero-order chi connectivity index (χ0) is 10.8. The van der Waals surface area contributed by atoms with Crippen LogP contribution in [0.15, 0.2) is 0 Å². The van der Waals surface area contributed by atoms with Crippen molar-refractivity contribution in [2.24, 2.45) is 5.92 Å². The Morgan fingerprint density at radius 3 is 2.93 bits per heavy atom. The molecule has 0 radical (unpaired) electrons. The minimum absolute atomic E-state index is 0.301. The molecule has 1 N–H and O–H groups in total. The summed E-state index contributed by atoms with van der Waals surface area (Å²) in [6, 6.07) is 0.537. The summed E-state index contributed by atoms with van der Waals surface area (Å²) in [6.45, 7) is 8.23. The molecule has 0 saturated carbocycles. The van der Waals surface area contributed by atoms with Gasteiger partial charge in [0.1, 0.15) is 0 Å². The molecule has 2 saturated heterocycles. The van der Waals surface area contributed by atoms with E-state index in [9.17, 15) is 4.79 Å². The Balaban J connectivity index is 1.99. The van der Waals surface area contributed by atoms with E-state index in [2.05, 4.69) is 24.2 Å². The molecular formula is C11H21N3O. The summed E-state index contributed by atoms with van der Waals surface area (Å²) < 4.78 is 0. The average Bonchev–Trinajstić information content (AvgIpc) is 2.76. The van der Waals surface area contributed by atoms with Gasteiger partial charge in [0.05, 0.1) is 0 Å². The fourth-order valence-electron chi connectivity index (χ4n) is 2.43. The number of hydrogen-bond donors (Lipinski definition) is 1. The van der Waals surface area contributed by atoms with Crippen molar-refractivity contribution in [3.8, 4) is 0 Å². The largest absolute Gasteiger partial charge is 0.315 e. The van der Waals surface area contributed by atoms with Crippen LogP contribution in [0.5, 0.6) is 0 Å². The Kier molecular flexibility index (Phi) is 3.26. The Morgan fingerprint density at radius 1 is 1.53 bits per heavy atom. The second-order valence-corrected chi connectivity index (χ2v) is 4.93. The maximum absolute atomic E-state index is 11.7. The zero-order valence-corrected chi connectivity index (χ0v) is 9.70. The molecule has 2 rings (SSSR count). The predicted molar refractivity (Wildman–Crippen MR) is 59.1 cm³/mol. The van der Waals surface area contributed by atoms with Gasteiger partial charge in [0.25, 0.3) is 0 Å². The maximum atomic E-state index is 11.7. The van der Waals surface area contributed by atoms with Gasteiger partial charge in [-0.1, -0.05) is 13.8 Å². The first-order valence-corrected chi connectivity index (χ1v) is 5.96. The molecule has 0 aromatic heterocycles. The molecule has 0 aliphatic carbocycles. The topological polar surface area (TPSA) is 35.6 Å². The number of amides is 1. The van der Waals surface area contributed by atoms with Gasteiger partial charge in [-0.05, 0) is 18.9 Å². The number of nitrogens with zero attached hydrogens (tertiary/aromatic N) is 2. The molecule has 1 unspecified atom stereocenters. The number of carbonyl (C=O) groups excluding carboxylic acids is 1. The highest BCUT2D eigenvalue weighted by Gasteiger charge is 2.35. The minimum Gasteiger partial charge on any atom is -0.315 e. The maximum Gasteiger partial charge on any atom is 0.238 e.